The van der Waals surface area contributed by atoms with Crippen LogP contribution in [0.25, 0.3) is 97.6 Å². The van der Waals surface area contributed by atoms with E-state index in [2.05, 4.69) is 127 Å². The number of rotatable bonds is 3. The van der Waals surface area contributed by atoms with Crippen LogP contribution in [-0.2, 0) is 0 Å². The summed E-state index contributed by atoms with van der Waals surface area (Å²) in [5, 5.41) is 8.39. The van der Waals surface area contributed by atoms with Crippen LogP contribution in [0.3, 0.4) is 0 Å². The molecule has 204 valence electrons. The molecule has 0 saturated heterocycles. The van der Waals surface area contributed by atoms with Gasteiger partial charge in [-0.25, -0.2) is 9.97 Å². The minimum Gasteiger partial charge on any atom is -0.456 e. The van der Waals surface area contributed by atoms with Gasteiger partial charge in [-0.1, -0.05) is 109 Å². The molecule has 3 nitrogen and oxygen atoms in total. The number of furan rings is 1. The van der Waals surface area contributed by atoms with Gasteiger partial charge in [-0.15, -0.1) is 11.3 Å². The fraction of sp³-hybridized carbons (Fsp3) is 0. The third-order valence-corrected chi connectivity index (χ3v) is 10.0. The monoisotopic (exact) mass is 578 g/mol. The molecule has 0 aliphatic heterocycles. The van der Waals surface area contributed by atoms with E-state index >= 15 is 0 Å². The standard InChI is InChI=1S/C40H22N2OS/c1-2-11-23(12-3-1)37-39-38(30-17-8-9-20-33(30)44-39)42-40(41-37)29-16-7-5-14-25(29)28-21-22-32-36-34(28)26-15-6-4-13-24(26)27-18-10-19-31(43-32)35(27)36/h1-22H. The van der Waals surface area contributed by atoms with E-state index in [1.165, 1.54) is 37.0 Å². The molecule has 0 N–H and O–H groups in total. The van der Waals surface area contributed by atoms with Crippen LogP contribution in [0, 0.1) is 0 Å². The Bertz CT molecular complexity index is 2720. The quantitative estimate of drug-likeness (QED) is 0.196. The number of thiophene rings is 1. The van der Waals surface area contributed by atoms with E-state index in [0.29, 0.717) is 0 Å². The Hall–Kier alpha value is -5.58. The van der Waals surface area contributed by atoms with Crippen molar-refractivity contribution in [3.63, 3.8) is 0 Å². The molecule has 0 atom stereocenters. The first kappa shape index (κ1) is 23.9. The second-order valence-electron chi connectivity index (χ2n) is 11.3. The first-order valence-corrected chi connectivity index (χ1v) is 15.6. The number of nitrogens with zero attached hydrogens (tertiary/aromatic N) is 2. The lowest BCUT2D eigenvalue weighted by Gasteiger charge is -2.15. The van der Waals surface area contributed by atoms with E-state index < -0.39 is 0 Å². The summed E-state index contributed by atoms with van der Waals surface area (Å²) in [6.07, 6.45) is 0. The molecule has 3 heterocycles. The number of hydrogen-bond donors (Lipinski definition) is 0. The lowest BCUT2D eigenvalue weighted by Crippen LogP contribution is -1.96. The first-order chi connectivity index (χ1) is 21.8. The average molecular weight is 579 g/mol. The lowest BCUT2D eigenvalue weighted by atomic mass is 9.88. The summed E-state index contributed by atoms with van der Waals surface area (Å²) < 4.78 is 8.74. The predicted molar refractivity (Wildman–Crippen MR) is 185 cm³/mol. The average Bonchev–Trinajstić information content (AvgIpc) is 3.66. The fourth-order valence-electron chi connectivity index (χ4n) is 6.99. The Balaban J connectivity index is 1.32. The normalized spacial score (nSPS) is 12.1. The molecule has 0 aliphatic carbocycles. The highest BCUT2D eigenvalue weighted by Crippen LogP contribution is 2.47. The molecule has 0 unspecified atom stereocenters. The van der Waals surface area contributed by atoms with Crippen molar-refractivity contribution in [1.29, 1.82) is 0 Å². The van der Waals surface area contributed by atoms with E-state index in [1.807, 2.05) is 6.07 Å². The van der Waals surface area contributed by atoms with Crippen molar-refractivity contribution in [3.8, 4) is 33.8 Å². The van der Waals surface area contributed by atoms with Crippen molar-refractivity contribution < 1.29 is 4.42 Å². The molecule has 7 aromatic carbocycles. The van der Waals surface area contributed by atoms with Gasteiger partial charge in [-0.2, -0.15) is 0 Å². The summed E-state index contributed by atoms with van der Waals surface area (Å²) in [5.74, 6) is 0.727. The molecule has 0 saturated carbocycles. The zero-order chi connectivity index (χ0) is 28.8. The maximum absolute atomic E-state index is 6.41. The maximum atomic E-state index is 6.41. The van der Waals surface area contributed by atoms with Gasteiger partial charge in [0.1, 0.15) is 11.2 Å². The van der Waals surface area contributed by atoms with Gasteiger partial charge in [-0.3, -0.25) is 0 Å². The largest absolute Gasteiger partial charge is 0.456 e. The number of benzene rings is 7. The Morgan fingerprint density at radius 2 is 1.14 bits per heavy atom. The summed E-state index contributed by atoms with van der Waals surface area (Å²) in [5.41, 5.74) is 8.15. The molecule has 0 bridgehead atoms. The van der Waals surface area contributed by atoms with Crippen LogP contribution in [0.15, 0.2) is 138 Å². The van der Waals surface area contributed by atoms with Crippen LogP contribution in [0.5, 0.6) is 0 Å². The minimum atomic E-state index is 0.727. The van der Waals surface area contributed by atoms with E-state index in [4.69, 9.17) is 14.4 Å². The maximum Gasteiger partial charge on any atom is 0.161 e. The Kier molecular flexibility index (Phi) is 4.87. The fourth-order valence-corrected chi connectivity index (χ4v) is 8.14. The first-order valence-electron chi connectivity index (χ1n) is 14.8. The highest BCUT2D eigenvalue weighted by atomic mass is 32.1. The molecule has 4 heteroatoms. The summed E-state index contributed by atoms with van der Waals surface area (Å²) in [6.45, 7) is 0. The van der Waals surface area contributed by atoms with Crippen LogP contribution < -0.4 is 0 Å². The van der Waals surface area contributed by atoms with Crippen molar-refractivity contribution in [2.45, 2.75) is 0 Å². The van der Waals surface area contributed by atoms with Crippen LogP contribution in [0.2, 0.25) is 0 Å². The van der Waals surface area contributed by atoms with Crippen molar-refractivity contribution >= 4 is 75.1 Å². The third-order valence-electron chi connectivity index (χ3n) is 8.87. The second kappa shape index (κ2) is 8.96. The van der Waals surface area contributed by atoms with Crippen molar-refractivity contribution in [2.75, 3.05) is 0 Å². The molecule has 10 aromatic rings. The smallest absolute Gasteiger partial charge is 0.161 e. The van der Waals surface area contributed by atoms with Crippen molar-refractivity contribution in [2.24, 2.45) is 0 Å². The van der Waals surface area contributed by atoms with Crippen LogP contribution in [0.1, 0.15) is 0 Å². The van der Waals surface area contributed by atoms with Gasteiger partial charge in [0.05, 0.1) is 15.9 Å². The van der Waals surface area contributed by atoms with Crippen molar-refractivity contribution in [3.05, 3.63) is 133 Å². The zero-order valence-corrected chi connectivity index (χ0v) is 24.2. The predicted octanol–water partition coefficient (Wildman–Crippen LogP) is 11.5. The van der Waals surface area contributed by atoms with E-state index in [1.54, 1.807) is 11.3 Å². The minimum absolute atomic E-state index is 0.727. The van der Waals surface area contributed by atoms with Gasteiger partial charge in [0.15, 0.2) is 5.82 Å². The highest BCUT2D eigenvalue weighted by Gasteiger charge is 2.23. The molecule has 10 rings (SSSR count). The molecule has 0 radical (unpaired) electrons. The Labute approximate surface area is 256 Å². The third kappa shape index (κ3) is 3.26. The Morgan fingerprint density at radius 1 is 0.455 bits per heavy atom. The SMILES string of the molecule is c1ccc(-c2nc(-c3ccccc3-c3ccc4oc5cccc6c7ccccc7c3c4c56)nc3c2sc2ccccc23)cc1. The van der Waals surface area contributed by atoms with Gasteiger partial charge >= 0.3 is 0 Å². The molecular formula is C40H22N2OS. The van der Waals surface area contributed by atoms with Gasteiger partial charge in [-0.05, 0) is 51.6 Å². The van der Waals surface area contributed by atoms with Crippen LogP contribution in [-0.4, -0.2) is 9.97 Å². The molecule has 0 amide bonds. The molecular weight excluding hydrogens is 557 g/mol. The van der Waals surface area contributed by atoms with E-state index in [9.17, 15) is 0 Å². The molecule has 0 aliphatic rings. The lowest BCUT2D eigenvalue weighted by molar-refractivity contribution is 0.669. The van der Waals surface area contributed by atoms with Crippen LogP contribution in [0.4, 0.5) is 0 Å². The van der Waals surface area contributed by atoms with Crippen LogP contribution >= 0.6 is 11.3 Å². The number of fused-ring (bicyclic) bond motifs is 6. The topological polar surface area (TPSA) is 38.9 Å². The second-order valence-corrected chi connectivity index (χ2v) is 12.3. The van der Waals surface area contributed by atoms with Gasteiger partial charge < -0.3 is 4.42 Å². The van der Waals surface area contributed by atoms with Gasteiger partial charge in [0.25, 0.3) is 0 Å². The number of aromatic nitrogens is 2. The molecule has 44 heavy (non-hydrogen) atoms. The number of hydrogen-bond acceptors (Lipinski definition) is 4. The van der Waals surface area contributed by atoms with Crippen molar-refractivity contribution in [1.82, 2.24) is 9.97 Å². The summed E-state index contributed by atoms with van der Waals surface area (Å²) in [6, 6.07) is 47.0. The van der Waals surface area contributed by atoms with Gasteiger partial charge in [0.2, 0.25) is 0 Å². The molecule has 3 aromatic heterocycles. The summed E-state index contributed by atoms with van der Waals surface area (Å²) in [7, 11) is 0. The zero-order valence-electron chi connectivity index (χ0n) is 23.4. The van der Waals surface area contributed by atoms with E-state index in [-0.39, 0.29) is 0 Å². The highest BCUT2D eigenvalue weighted by molar-refractivity contribution is 7.26. The van der Waals surface area contributed by atoms with Gasteiger partial charge in [0, 0.05) is 37.4 Å². The Morgan fingerprint density at radius 3 is 2.02 bits per heavy atom. The van der Waals surface area contributed by atoms with E-state index in [0.717, 1.165) is 60.5 Å². The summed E-state index contributed by atoms with van der Waals surface area (Å²) >= 11 is 1.76. The molecule has 0 spiro atoms. The summed E-state index contributed by atoms with van der Waals surface area (Å²) in [4.78, 5) is 10.6. The molecule has 0 fully saturated rings.